The maximum absolute atomic E-state index is 5.95. The molecule has 2 aromatic rings. The first-order valence-electron chi connectivity index (χ1n) is 6.32. The van der Waals surface area contributed by atoms with Crippen molar-refractivity contribution in [1.29, 1.82) is 0 Å². The normalized spacial score (nSPS) is 11.9. The van der Waals surface area contributed by atoms with Crippen LogP contribution in [-0.2, 0) is 6.54 Å². The minimum absolute atomic E-state index is 0.0149. The van der Waals surface area contributed by atoms with Gasteiger partial charge in [-0.15, -0.1) is 0 Å². The van der Waals surface area contributed by atoms with Crippen molar-refractivity contribution >= 4 is 0 Å². The summed E-state index contributed by atoms with van der Waals surface area (Å²) in [5, 5.41) is 0. The Morgan fingerprint density at radius 2 is 1.74 bits per heavy atom. The van der Waals surface area contributed by atoms with Crippen molar-refractivity contribution in [3.05, 3.63) is 59.7 Å². The second kappa shape index (κ2) is 6.25. The lowest BCUT2D eigenvalue weighted by Crippen LogP contribution is -2.04. The van der Waals surface area contributed by atoms with Gasteiger partial charge < -0.3 is 15.2 Å². The van der Waals surface area contributed by atoms with Crippen LogP contribution in [0, 0.1) is 0 Å². The average molecular weight is 257 g/mol. The average Bonchev–Trinajstić information content (AvgIpc) is 2.47. The molecule has 19 heavy (non-hydrogen) atoms. The minimum Gasteiger partial charge on any atom is -0.497 e. The molecule has 1 unspecified atom stereocenters. The Hall–Kier alpha value is -2.00. The van der Waals surface area contributed by atoms with E-state index in [1.807, 2.05) is 43.3 Å². The molecule has 0 amide bonds. The zero-order valence-corrected chi connectivity index (χ0v) is 11.3. The van der Waals surface area contributed by atoms with E-state index in [1.165, 1.54) is 0 Å². The molecule has 0 aliphatic carbocycles. The van der Waals surface area contributed by atoms with Gasteiger partial charge in [0.1, 0.15) is 17.6 Å². The first kappa shape index (κ1) is 13.4. The predicted molar refractivity (Wildman–Crippen MR) is 76.4 cm³/mol. The molecule has 0 heterocycles. The molecule has 0 aliphatic rings. The van der Waals surface area contributed by atoms with Gasteiger partial charge in [0.15, 0.2) is 0 Å². The first-order chi connectivity index (χ1) is 9.22. The van der Waals surface area contributed by atoms with Crippen LogP contribution in [0.2, 0.25) is 0 Å². The van der Waals surface area contributed by atoms with E-state index in [1.54, 1.807) is 7.11 Å². The van der Waals surface area contributed by atoms with Crippen LogP contribution in [0.1, 0.15) is 24.2 Å². The Morgan fingerprint density at radius 3 is 2.37 bits per heavy atom. The summed E-state index contributed by atoms with van der Waals surface area (Å²) < 4.78 is 11.2. The van der Waals surface area contributed by atoms with Crippen molar-refractivity contribution < 1.29 is 9.47 Å². The summed E-state index contributed by atoms with van der Waals surface area (Å²) in [5.74, 6) is 1.54. The maximum Gasteiger partial charge on any atom is 0.124 e. The number of methoxy groups -OCH3 is 1. The van der Waals surface area contributed by atoms with Gasteiger partial charge in [0.05, 0.1) is 7.11 Å². The second-order valence-electron chi connectivity index (χ2n) is 4.39. The zero-order chi connectivity index (χ0) is 13.7. The minimum atomic E-state index is -0.0149. The quantitative estimate of drug-likeness (QED) is 0.893. The van der Waals surface area contributed by atoms with E-state index in [2.05, 4.69) is 12.1 Å². The molecular weight excluding hydrogens is 238 g/mol. The van der Waals surface area contributed by atoms with Crippen LogP contribution in [0.4, 0.5) is 0 Å². The standard InChI is InChI=1S/C16H19NO2/c1-12(14-6-4-3-5-7-14)19-16-9-13(11-17)8-15(10-16)18-2/h3-10,12H,11,17H2,1-2H3. The highest BCUT2D eigenvalue weighted by Gasteiger charge is 2.08. The molecule has 3 nitrogen and oxygen atoms in total. The molecule has 3 heteroatoms. The van der Waals surface area contributed by atoms with E-state index in [9.17, 15) is 0 Å². The monoisotopic (exact) mass is 257 g/mol. The lowest BCUT2D eigenvalue weighted by Gasteiger charge is -2.16. The Kier molecular flexibility index (Phi) is 4.42. The van der Waals surface area contributed by atoms with Crippen LogP contribution in [-0.4, -0.2) is 7.11 Å². The van der Waals surface area contributed by atoms with Crippen molar-refractivity contribution in [3.8, 4) is 11.5 Å². The van der Waals surface area contributed by atoms with Crippen LogP contribution in [0.15, 0.2) is 48.5 Å². The van der Waals surface area contributed by atoms with Gasteiger partial charge in [-0.25, -0.2) is 0 Å². The highest BCUT2D eigenvalue weighted by molar-refractivity contribution is 5.38. The van der Waals surface area contributed by atoms with Gasteiger partial charge >= 0.3 is 0 Å². The van der Waals surface area contributed by atoms with Crippen molar-refractivity contribution in [2.75, 3.05) is 7.11 Å². The maximum atomic E-state index is 5.95. The van der Waals surface area contributed by atoms with Gasteiger partial charge in [-0.2, -0.15) is 0 Å². The number of hydrogen-bond acceptors (Lipinski definition) is 3. The van der Waals surface area contributed by atoms with Crippen LogP contribution in [0.3, 0.4) is 0 Å². The highest BCUT2D eigenvalue weighted by atomic mass is 16.5. The third kappa shape index (κ3) is 3.48. The first-order valence-corrected chi connectivity index (χ1v) is 6.32. The Morgan fingerprint density at radius 1 is 1.05 bits per heavy atom. The third-order valence-electron chi connectivity index (χ3n) is 2.99. The molecule has 2 aromatic carbocycles. The molecule has 0 saturated heterocycles. The lowest BCUT2D eigenvalue weighted by molar-refractivity contribution is 0.225. The summed E-state index contributed by atoms with van der Waals surface area (Å²) in [6.07, 6.45) is -0.0149. The van der Waals surface area contributed by atoms with E-state index in [0.29, 0.717) is 6.54 Å². The summed E-state index contributed by atoms with van der Waals surface area (Å²) in [7, 11) is 1.64. The number of benzene rings is 2. The lowest BCUT2D eigenvalue weighted by atomic mass is 10.1. The zero-order valence-electron chi connectivity index (χ0n) is 11.3. The Balaban J connectivity index is 2.18. The van der Waals surface area contributed by atoms with Crippen molar-refractivity contribution in [2.24, 2.45) is 5.73 Å². The third-order valence-corrected chi connectivity index (χ3v) is 2.99. The van der Waals surface area contributed by atoms with Gasteiger partial charge in [0.25, 0.3) is 0 Å². The molecule has 0 saturated carbocycles. The summed E-state index contributed by atoms with van der Waals surface area (Å²) in [6.45, 7) is 2.49. The fourth-order valence-electron chi connectivity index (χ4n) is 1.93. The van der Waals surface area contributed by atoms with Crippen molar-refractivity contribution in [2.45, 2.75) is 19.6 Å². The molecule has 0 aromatic heterocycles. The van der Waals surface area contributed by atoms with Gasteiger partial charge in [-0.05, 0) is 30.2 Å². The molecule has 0 fully saturated rings. The fraction of sp³-hybridized carbons (Fsp3) is 0.250. The number of rotatable bonds is 5. The van der Waals surface area contributed by atoms with Crippen molar-refractivity contribution in [3.63, 3.8) is 0 Å². The largest absolute Gasteiger partial charge is 0.497 e. The molecule has 2 N–H and O–H groups in total. The Bertz CT molecular complexity index is 503. The molecule has 100 valence electrons. The number of hydrogen-bond donors (Lipinski definition) is 1. The predicted octanol–water partition coefficient (Wildman–Crippen LogP) is 3.29. The molecule has 2 rings (SSSR count). The second-order valence-corrected chi connectivity index (χ2v) is 4.39. The summed E-state index contributed by atoms with van der Waals surface area (Å²) in [5.41, 5.74) is 7.81. The summed E-state index contributed by atoms with van der Waals surface area (Å²) in [4.78, 5) is 0. The van der Waals surface area contributed by atoms with E-state index in [4.69, 9.17) is 15.2 Å². The van der Waals surface area contributed by atoms with Crippen LogP contribution in [0.25, 0.3) is 0 Å². The van der Waals surface area contributed by atoms with Gasteiger partial charge in [-0.1, -0.05) is 30.3 Å². The van der Waals surface area contributed by atoms with Crippen LogP contribution < -0.4 is 15.2 Å². The van der Waals surface area contributed by atoms with Gasteiger partial charge in [-0.3, -0.25) is 0 Å². The topological polar surface area (TPSA) is 44.5 Å². The van der Waals surface area contributed by atoms with Crippen molar-refractivity contribution in [1.82, 2.24) is 0 Å². The number of nitrogens with two attached hydrogens (primary N) is 1. The molecule has 0 bridgehead atoms. The molecular formula is C16H19NO2. The number of ether oxygens (including phenoxy) is 2. The van der Waals surface area contributed by atoms with Gasteiger partial charge in [0.2, 0.25) is 0 Å². The Labute approximate surface area is 114 Å². The molecule has 1 atom stereocenters. The molecule has 0 aliphatic heterocycles. The van der Waals surface area contributed by atoms with Crippen LogP contribution >= 0.6 is 0 Å². The van der Waals surface area contributed by atoms with E-state index < -0.39 is 0 Å². The van der Waals surface area contributed by atoms with Gasteiger partial charge in [0, 0.05) is 12.6 Å². The smallest absolute Gasteiger partial charge is 0.124 e. The highest BCUT2D eigenvalue weighted by Crippen LogP contribution is 2.27. The van der Waals surface area contributed by atoms with Crippen LogP contribution in [0.5, 0.6) is 11.5 Å². The summed E-state index contributed by atoms with van der Waals surface area (Å²) in [6, 6.07) is 15.8. The van der Waals surface area contributed by atoms with E-state index in [-0.39, 0.29) is 6.10 Å². The fourth-order valence-corrected chi connectivity index (χ4v) is 1.93. The van der Waals surface area contributed by atoms with E-state index in [0.717, 1.165) is 22.6 Å². The van der Waals surface area contributed by atoms with E-state index >= 15 is 0 Å². The summed E-state index contributed by atoms with van der Waals surface area (Å²) >= 11 is 0. The molecule has 0 radical (unpaired) electrons. The SMILES string of the molecule is COc1cc(CN)cc(OC(C)c2ccccc2)c1. The molecule has 0 spiro atoms.